The van der Waals surface area contributed by atoms with E-state index in [4.69, 9.17) is 5.11 Å². The van der Waals surface area contributed by atoms with Crippen LogP contribution in [0, 0.1) is 10.1 Å². The van der Waals surface area contributed by atoms with Crippen molar-refractivity contribution in [3.8, 4) is 0 Å². The van der Waals surface area contributed by atoms with Crippen LogP contribution in [0.4, 0.5) is 18.9 Å². The molecule has 0 saturated carbocycles. The molecule has 9 heteroatoms. The molecule has 0 saturated heterocycles. The topological polar surface area (TPSA) is 80.4 Å². The molecular weight excluding hydrogens is 335 g/mol. The van der Waals surface area contributed by atoms with Gasteiger partial charge < -0.3 is 5.11 Å². The molecule has 0 spiro atoms. The highest BCUT2D eigenvalue weighted by Gasteiger charge is 2.35. The number of nitrogens with zero attached hydrogens (tertiary/aromatic N) is 1. The van der Waals surface area contributed by atoms with E-state index in [9.17, 15) is 28.1 Å². The van der Waals surface area contributed by atoms with E-state index in [2.05, 4.69) is 0 Å². The predicted octanol–water partition coefficient (Wildman–Crippen LogP) is 4.46. The molecule has 0 aliphatic carbocycles. The molecule has 0 heterocycles. The summed E-state index contributed by atoms with van der Waals surface area (Å²) in [6.45, 7) is 0. The van der Waals surface area contributed by atoms with Gasteiger partial charge in [0.15, 0.2) is 0 Å². The standard InChI is InChI=1S/C14H8F3NO4S/c15-14(16,17)11-7-9(18(21)22)3-6-12(11)23-10-4-1-8(2-5-10)13(19)20/h1-7H,(H,19,20). The number of rotatable bonds is 4. The Labute approximate surface area is 131 Å². The minimum absolute atomic E-state index is 0.00842. The monoisotopic (exact) mass is 343 g/mol. The van der Waals surface area contributed by atoms with E-state index < -0.39 is 28.3 Å². The summed E-state index contributed by atoms with van der Waals surface area (Å²) < 4.78 is 39.2. The number of benzene rings is 2. The van der Waals surface area contributed by atoms with Gasteiger partial charge in [-0.05, 0) is 30.3 Å². The molecular formula is C14H8F3NO4S. The zero-order valence-electron chi connectivity index (χ0n) is 11.2. The highest BCUT2D eigenvalue weighted by molar-refractivity contribution is 7.99. The quantitative estimate of drug-likeness (QED) is 0.655. The third-order valence-electron chi connectivity index (χ3n) is 2.81. The van der Waals surface area contributed by atoms with Crippen LogP contribution in [0.3, 0.4) is 0 Å². The second-order valence-corrected chi connectivity index (χ2v) is 5.48. The van der Waals surface area contributed by atoms with Gasteiger partial charge in [-0.25, -0.2) is 4.79 Å². The van der Waals surface area contributed by atoms with Crippen molar-refractivity contribution in [2.75, 3.05) is 0 Å². The molecule has 0 aliphatic rings. The zero-order valence-corrected chi connectivity index (χ0v) is 12.0. The first-order chi connectivity index (χ1) is 10.7. The lowest BCUT2D eigenvalue weighted by Gasteiger charge is -2.12. The molecule has 23 heavy (non-hydrogen) atoms. The molecule has 0 aliphatic heterocycles. The highest BCUT2D eigenvalue weighted by Crippen LogP contribution is 2.41. The number of halogens is 3. The summed E-state index contributed by atoms with van der Waals surface area (Å²) in [5, 5.41) is 19.4. The Hall–Kier alpha value is -2.55. The predicted molar refractivity (Wildman–Crippen MR) is 75.6 cm³/mol. The smallest absolute Gasteiger partial charge is 0.417 e. The first kappa shape index (κ1) is 16.8. The first-order valence-corrected chi connectivity index (χ1v) is 6.87. The van der Waals surface area contributed by atoms with Gasteiger partial charge in [0.1, 0.15) is 0 Å². The molecule has 0 radical (unpaired) electrons. The molecule has 0 unspecified atom stereocenters. The maximum atomic E-state index is 13.1. The summed E-state index contributed by atoms with van der Waals surface area (Å²) >= 11 is 0.746. The van der Waals surface area contributed by atoms with Crippen molar-refractivity contribution in [3.63, 3.8) is 0 Å². The molecule has 0 atom stereocenters. The van der Waals surface area contributed by atoms with Crippen molar-refractivity contribution in [2.24, 2.45) is 0 Å². The lowest BCUT2D eigenvalue weighted by atomic mass is 10.2. The van der Waals surface area contributed by atoms with Crippen molar-refractivity contribution >= 4 is 23.4 Å². The molecule has 0 amide bonds. The lowest BCUT2D eigenvalue weighted by Crippen LogP contribution is -2.07. The van der Waals surface area contributed by atoms with Crippen LogP contribution in [0.2, 0.25) is 0 Å². The highest BCUT2D eigenvalue weighted by atomic mass is 32.2. The van der Waals surface area contributed by atoms with Gasteiger partial charge in [0.05, 0.1) is 16.1 Å². The van der Waals surface area contributed by atoms with E-state index in [1.165, 1.54) is 24.3 Å². The van der Waals surface area contributed by atoms with Crippen LogP contribution in [-0.2, 0) is 6.18 Å². The lowest BCUT2D eigenvalue weighted by molar-refractivity contribution is -0.385. The van der Waals surface area contributed by atoms with E-state index in [1.54, 1.807) is 0 Å². The molecule has 1 N–H and O–H groups in total. The second-order valence-electron chi connectivity index (χ2n) is 4.37. The largest absolute Gasteiger partial charge is 0.478 e. The Balaban J connectivity index is 2.39. The van der Waals surface area contributed by atoms with Gasteiger partial charge in [0.25, 0.3) is 5.69 Å². The number of nitro groups is 1. The van der Waals surface area contributed by atoms with E-state index in [-0.39, 0.29) is 10.5 Å². The Morgan fingerprint density at radius 1 is 1.13 bits per heavy atom. The minimum atomic E-state index is -4.74. The third kappa shape index (κ3) is 4.01. The number of nitro benzene ring substituents is 1. The number of carboxylic acid groups (broad SMARTS) is 1. The molecule has 0 fully saturated rings. The zero-order chi connectivity index (χ0) is 17.2. The fourth-order valence-corrected chi connectivity index (χ4v) is 2.68. The second kappa shape index (κ2) is 6.29. The van der Waals surface area contributed by atoms with E-state index in [0.29, 0.717) is 11.0 Å². The van der Waals surface area contributed by atoms with Crippen LogP contribution in [0.15, 0.2) is 52.3 Å². The Kier molecular flexibility index (Phi) is 4.60. The summed E-state index contributed by atoms with van der Waals surface area (Å²) in [5.74, 6) is -1.15. The number of hydrogen-bond donors (Lipinski definition) is 1. The van der Waals surface area contributed by atoms with Crippen LogP contribution in [0.25, 0.3) is 0 Å². The average molecular weight is 343 g/mol. The number of aromatic carboxylic acids is 1. The summed E-state index contributed by atoms with van der Waals surface area (Å²) in [7, 11) is 0. The normalized spacial score (nSPS) is 11.3. The Morgan fingerprint density at radius 2 is 1.74 bits per heavy atom. The van der Waals surface area contributed by atoms with Gasteiger partial charge in [-0.2, -0.15) is 13.2 Å². The first-order valence-electron chi connectivity index (χ1n) is 6.05. The van der Waals surface area contributed by atoms with Crippen molar-refractivity contribution in [1.29, 1.82) is 0 Å². The summed E-state index contributed by atoms with van der Waals surface area (Å²) in [4.78, 5) is 20.6. The number of alkyl halides is 3. The van der Waals surface area contributed by atoms with Gasteiger partial charge in [0.2, 0.25) is 0 Å². The Bertz CT molecular complexity index is 760. The number of carbonyl (C=O) groups is 1. The average Bonchev–Trinajstić information content (AvgIpc) is 2.46. The molecule has 0 aromatic heterocycles. The Morgan fingerprint density at radius 3 is 2.22 bits per heavy atom. The number of non-ortho nitro benzene ring substituents is 1. The van der Waals surface area contributed by atoms with E-state index in [0.717, 1.165) is 23.9 Å². The van der Waals surface area contributed by atoms with Crippen LogP contribution in [0.1, 0.15) is 15.9 Å². The molecule has 2 aromatic rings. The SMILES string of the molecule is O=C(O)c1ccc(Sc2ccc([N+](=O)[O-])cc2C(F)(F)F)cc1. The van der Waals surface area contributed by atoms with Gasteiger partial charge in [-0.15, -0.1) is 0 Å². The number of hydrogen-bond acceptors (Lipinski definition) is 4. The van der Waals surface area contributed by atoms with E-state index in [1.807, 2.05) is 0 Å². The molecule has 120 valence electrons. The van der Waals surface area contributed by atoms with Crippen molar-refractivity contribution in [1.82, 2.24) is 0 Å². The maximum Gasteiger partial charge on any atom is 0.417 e. The van der Waals surface area contributed by atoms with Gasteiger partial charge >= 0.3 is 12.1 Å². The van der Waals surface area contributed by atoms with Crippen molar-refractivity contribution in [2.45, 2.75) is 16.0 Å². The summed E-state index contributed by atoms with van der Waals surface area (Å²) in [6, 6.07) is 7.77. The minimum Gasteiger partial charge on any atom is -0.478 e. The molecule has 2 aromatic carbocycles. The van der Waals surface area contributed by atoms with Crippen LogP contribution >= 0.6 is 11.8 Å². The van der Waals surface area contributed by atoms with E-state index >= 15 is 0 Å². The van der Waals surface area contributed by atoms with Crippen molar-refractivity contribution < 1.29 is 28.0 Å². The van der Waals surface area contributed by atoms with Crippen molar-refractivity contribution in [3.05, 3.63) is 63.7 Å². The fraction of sp³-hybridized carbons (Fsp3) is 0.0714. The maximum absolute atomic E-state index is 13.1. The summed E-state index contributed by atoms with van der Waals surface area (Å²) in [5.41, 5.74) is -1.75. The van der Waals surface area contributed by atoms with Crippen LogP contribution in [0.5, 0.6) is 0 Å². The van der Waals surface area contributed by atoms with Gasteiger partial charge in [0, 0.05) is 21.9 Å². The van der Waals surface area contributed by atoms with Crippen LogP contribution in [-0.4, -0.2) is 16.0 Å². The third-order valence-corrected chi connectivity index (χ3v) is 3.89. The summed E-state index contributed by atoms with van der Waals surface area (Å²) in [6.07, 6.45) is -4.74. The molecule has 5 nitrogen and oxygen atoms in total. The molecule has 0 bridgehead atoms. The van der Waals surface area contributed by atoms with Gasteiger partial charge in [-0.3, -0.25) is 10.1 Å². The molecule has 2 rings (SSSR count). The van der Waals surface area contributed by atoms with Gasteiger partial charge in [-0.1, -0.05) is 11.8 Å². The fourth-order valence-electron chi connectivity index (χ4n) is 1.73. The van der Waals surface area contributed by atoms with Crippen LogP contribution < -0.4 is 0 Å². The number of carboxylic acids is 1.